The number of carbonyl (C=O) groups excluding carboxylic acids is 3. The van der Waals surface area contributed by atoms with E-state index < -0.39 is 40.0 Å². The Labute approximate surface area is 298 Å². The number of nitrogens with zero attached hydrogens (tertiary/aromatic N) is 1. The Kier molecular flexibility index (Phi) is 15.5. The maximum atomic E-state index is 13.6. The van der Waals surface area contributed by atoms with E-state index in [0.29, 0.717) is 37.1 Å². The first-order valence-electron chi connectivity index (χ1n) is 17.4. The maximum absolute atomic E-state index is 13.6. The van der Waals surface area contributed by atoms with Crippen LogP contribution in [0.5, 0.6) is 0 Å². The summed E-state index contributed by atoms with van der Waals surface area (Å²) in [6, 6.07) is 23.3. The highest BCUT2D eigenvalue weighted by Crippen LogP contribution is 2.23. The van der Waals surface area contributed by atoms with Crippen molar-refractivity contribution in [2.24, 2.45) is 17.8 Å². The fourth-order valence-corrected chi connectivity index (χ4v) is 7.06. The summed E-state index contributed by atoms with van der Waals surface area (Å²) in [5.74, 6) is -1.88. The van der Waals surface area contributed by atoms with Crippen LogP contribution in [0.15, 0.2) is 84.9 Å². The van der Waals surface area contributed by atoms with Crippen LogP contribution in [-0.2, 0) is 31.9 Å². The van der Waals surface area contributed by atoms with E-state index in [0.717, 1.165) is 9.87 Å². The van der Waals surface area contributed by atoms with Gasteiger partial charge in [0.15, 0.2) is 0 Å². The Balaban J connectivity index is 1.71. The minimum absolute atomic E-state index is 0.0916. The van der Waals surface area contributed by atoms with Crippen LogP contribution in [0.4, 0.5) is 5.69 Å². The molecule has 3 aromatic rings. The van der Waals surface area contributed by atoms with Crippen LogP contribution in [-0.4, -0.2) is 56.5 Å². The van der Waals surface area contributed by atoms with E-state index in [2.05, 4.69) is 16.0 Å². The number of aliphatic hydroxyl groups excluding tert-OH is 1. The van der Waals surface area contributed by atoms with Gasteiger partial charge in [-0.1, -0.05) is 108 Å². The fourth-order valence-electron chi connectivity index (χ4n) is 5.82. The molecular formula is C39H54N4O6S. The summed E-state index contributed by atoms with van der Waals surface area (Å²) < 4.78 is 27.5. The van der Waals surface area contributed by atoms with Crippen molar-refractivity contribution in [2.45, 2.75) is 90.8 Å². The molecule has 0 saturated carbocycles. The molecule has 0 fully saturated rings. The van der Waals surface area contributed by atoms with Gasteiger partial charge in [-0.25, -0.2) is 8.42 Å². The van der Waals surface area contributed by atoms with Crippen molar-refractivity contribution in [2.75, 3.05) is 11.4 Å². The predicted octanol–water partition coefficient (Wildman–Crippen LogP) is 5.42. The van der Waals surface area contributed by atoms with Crippen molar-refractivity contribution in [1.29, 1.82) is 0 Å². The molecule has 0 spiro atoms. The molecule has 3 amide bonds. The molecule has 11 heteroatoms. The Bertz CT molecular complexity index is 1630. The Hall–Kier alpha value is -4.22. The zero-order valence-electron chi connectivity index (χ0n) is 30.1. The van der Waals surface area contributed by atoms with Crippen molar-refractivity contribution >= 4 is 33.4 Å². The molecule has 3 aromatic carbocycles. The molecule has 10 nitrogen and oxygen atoms in total. The molecule has 0 aromatic heterocycles. The minimum atomic E-state index is -3.73. The van der Waals surface area contributed by atoms with Gasteiger partial charge in [-0.15, -0.1) is 0 Å². The SMILES string of the molecule is CCC[C@H](C[C@H](O)[C@H](CC(C)C)NC(=O)c1cccc(N(C)S(=O)(=O)Cc2ccccc2)c1)C(=O)N[C@H](C(=O)NCc1ccccc1)C(C)C. The van der Waals surface area contributed by atoms with E-state index in [4.69, 9.17) is 0 Å². The van der Waals surface area contributed by atoms with Crippen LogP contribution in [0.25, 0.3) is 0 Å². The van der Waals surface area contributed by atoms with E-state index in [1.165, 1.54) is 13.1 Å². The van der Waals surface area contributed by atoms with E-state index in [9.17, 15) is 27.9 Å². The lowest BCUT2D eigenvalue weighted by molar-refractivity contribution is -0.133. The number of hydrogen-bond acceptors (Lipinski definition) is 6. The fraction of sp³-hybridized carbons (Fsp3) is 0.462. The Morgan fingerprint density at radius 2 is 1.42 bits per heavy atom. The minimum Gasteiger partial charge on any atom is -0.391 e. The molecule has 50 heavy (non-hydrogen) atoms. The van der Waals surface area contributed by atoms with Gasteiger partial charge in [-0.2, -0.15) is 0 Å². The second-order valence-electron chi connectivity index (χ2n) is 13.7. The van der Waals surface area contributed by atoms with Crippen molar-refractivity contribution in [3.8, 4) is 0 Å². The zero-order valence-corrected chi connectivity index (χ0v) is 31.0. The van der Waals surface area contributed by atoms with E-state index in [1.54, 1.807) is 42.5 Å². The van der Waals surface area contributed by atoms with Crippen LogP contribution in [0.1, 0.15) is 81.8 Å². The van der Waals surface area contributed by atoms with Gasteiger partial charge in [0.1, 0.15) is 6.04 Å². The van der Waals surface area contributed by atoms with Gasteiger partial charge in [0.25, 0.3) is 5.91 Å². The monoisotopic (exact) mass is 706 g/mol. The summed E-state index contributed by atoms with van der Waals surface area (Å²) in [4.78, 5) is 40.3. The molecule has 0 heterocycles. The lowest BCUT2D eigenvalue weighted by atomic mass is 9.88. The standard InChI is InChI=1S/C39H54N4O6S/c1-7-15-31(38(46)42-36(28(4)5)39(47)40-25-29-16-10-8-11-17-29)24-35(44)34(22-27(2)3)41-37(45)32-20-14-21-33(23-32)43(6)50(48,49)26-30-18-12-9-13-19-30/h8-14,16-21,23,27-28,31,34-36,44H,7,15,22,24-26H2,1-6H3,(H,40,47)(H,41,45)(H,42,46)/t31-,34+,35+,36+/m1/s1. The van der Waals surface area contributed by atoms with Crippen LogP contribution in [0.3, 0.4) is 0 Å². The third-order valence-electron chi connectivity index (χ3n) is 8.68. The number of aliphatic hydroxyl groups is 1. The summed E-state index contributed by atoms with van der Waals surface area (Å²) in [6.45, 7) is 10.0. The van der Waals surface area contributed by atoms with Gasteiger partial charge in [-0.05, 0) is 60.4 Å². The molecule has 0 aliphatic carbocycles. The number of amides is 3. The smallest absolute Gasteiger partial charge is 0.251 e. The first-order chi connectivity index (χ1) is 23.7. The van der Waals surface area contributed by atoms with Crippen LogP contribution >= 0.6 is 0 Å². The van der Waals surface area contributed by atoms with Gasteiger partial charge in [-0.3, -0.25) is 18.7 Å². The topological polar surface area (TPSA) is 145 Å². The molecule has 272 valence electrons. The first-order valence-corrected chi connectivity index (χ1v) is 19.0. The van der Waals surface area contributed by atoms with Gasteiger partial charge in [0.2, 0.25) is 21.8 Å². The third-order valence-corrected chi connectivity index (χ3v) is 10.4. The Morgan fingerprint density at radius 3 is 2.00 bits per heavy atom. The number of benzene rings is 3. The maximum Gasteiger partial charge on any atom is 0.251 e. The molecular weight excluding hydrogens is 653 g/mol. The first kappa shape index (κ1) is 40.2. The molecule has 0 bridgehead atoms. The number of carbonyl (C=O) groups is 3. The van der Waals surface area contributed by atoms with Crippen LogP contribution in [0, 0.1) is 17.8 Å². The third kappa shape index (κ3) is 12.3. The number of anilines is 1. The van der Waals surface area contributed by atoms with Gasteiger partial charge in [0, 0.05) is 25.1 Å². The molecule has 0 radical (unpaired) electrons. The number of rotatable bonds is 19. The summed E-state index contributed by atoms with van der Waals surface area (Å²) in [7, 11) is -2.27. The van der Waals surface area contributed by atoms with Crippen molar-refractivity contribution in [3.63, 3.8) is 0 Å². The highest BCUT2D eigenvalue weighted by atomic mass is 32.2. The zero-order chi connectivity index (χ0) is 36.8. The molecule has 0 aliphatic heterocycles. The average molecular weight is 707 g/mol. The van der Waals surface area contributed by atoms with Gasteiger partial charge in [0.05, 0.1) is 23.6 Å². The summed E-state index contributed by atoms with van der Waals surface area (Å²) >= 11 is 0. The van der Waals surface area contributed by atoms with E-state index >= 15 is 0 Å². The Morgan fingerprint density at radius 1 is 0.800 bits per heavy atom. The van der Waals surface area contributed by atoms with Crippen LogP contribution in [0.2, 0.25) is 0 Å². The average Bonchev–Trinajstić information content (AvgIpc) is 3.08. The summed E-state index contributed by atoms with van der Waals surface area (Å²) in [5.41, 5.74) is 2.18. The molecule has 0 saturated heterocycles. The normalized spacial score (nSPS) is 14.0. The van der Waals surface area contributed by atoms with Crippen LogP contribution < -0.4 is 20.3 Å². The highest BCUT2D eigenvalue weighted by molar-refractivity contribution is 7.92. The highest BCUT2D eigenvalue weighted by Gasteiger charge is 2.32. The molecule has 4 atom stereocenters. The second kappa shape index (κ2) is 19.2. The van der Waals surface area contributed by atoms with Gasteiger partial charge >= 0.3 is 0 Å². The number of sulfonamides is 1. The van der Waals surface area contributed by atoms with Crippen molar-refractivity contribution in [1.82, 2.24) is 16.0 Å². The lowest BCUT2D eigenvalue weighted by Gasteiger charge is -2.30. The molecule has 4 N–H and O–H groups in total. The van der Waals surface area contributed by atoms with Crippen molar-refractivity contribution in [3.05, 3.63) is 102 Å². The summed E-state index contributed by atoms with van der Waals surface area (Å²) in [6.07, 6.45) is 0.674. The lowest BCUT2D eigenvalue weighted by Crippen LogP contribution is -2.52. The largest absolute Gasteiger partial charge is 0.391 e. The second-order valence-corrected chi connectivity index (χ2v) is 15.7. The predicted molar refractivity (Wildman–Crippen MR) is 199 cm³/mol. The van der Waals surface area contributed by atoms with E-state index in [-0.39, 0.29) is 41.4 Å². The van der Waals surface area contributed by atoms with Crippen molar-refractivity contribution < 1.29 is 27.9 Å². The summed E-state index contributed by atoms with van der Waals surface area (Å²) in [5, 5.41) is 20.3. The molecule has 3 rings (SSSR count). The quantitative estimate of drug-likeness (QED) is 0.131. The van der Waals surface area contributed by atoms with E-state index in [1.807, 2.05) is 71.0 Å². The number of nitrogens with one attached hydrogen (secondary N) is 3. The molecule has 0 aliphatic rings. The number of hydrogen-bond donors (Lipinski definition) is 4. The molecule has 0 unspecified atom stereocenters. The van der Waals surface area contributed by atoms with Gasteiger partial charge < -0.3 is 21.1 Å².